The maximum atomic E-state index is 12.3. The minimum absolute atomic E-state index is 0.197. The van der Waals surface area contributed by atoms with Crippen LogP contribution in [0, 0.1) is 0 Å². The molecule has 0 aliphatic carbocycles. The molecule has 1 aliphatic heterocycles. The summed E-state index contributed by atoms with van der Waals surface area (Å²) < 4.78 is 0. The van der Waals surface area contributed by atoms with Crippen LogP contribution in [0.3, 0.4) is 0 Å². The van der Waals surface area contributed by atoms with Gasteiger partial charge in [0.1, 0.15) is 0 Å². The Hall–Kier alpha value is -4.07. The van der Waals surface area contributed by atoms with Crippen LogP contribution in [0.15, 0.2) is 55.0 Å². The molecule has 2 heterocycles. The largest absolute Gasteiger partial charge is 0.378 e. The molecule has 0 unspecified atom stereocenters. The lowest BCUT2D eigenvalue weighted by Crippen LogP contribution is -2.19. The van der Waals surface area contributed by atoms with Crippen LogP contribution in [0.2, 0.25) is 0 Å². The first kappa shape index (κ1) is 18.3. The number of hydrogen-bond donors (Lipinski definition) is 4. The van der Waals surface area contributed by atoms with Gasteiger partial charge in [-0.05, 0) is 42.5 Å². The average Bonchev–Trinajstić information content (AvgIpc) is 3.30. The van der Waals surface area contributed by atoms with Crippen molar-refractivity contribution in [3.05, 3.63) is 66.2 Å². The molecule has 4 rings (SSSR count). The van der Waals surface area contributed by atoms with Crippen LogP contribution in [-0.4, -0.2) is 36.0 Å². The third kappa shape index (κ3) is 3.96. The summed E-state index contributed by atoms with van der Waals surface area (Å²) in [4.78, 5) is 33.5. The average molecular weight is 388 g/mol. The monoisotopic (exact) mass is 388 g/mol. The van der Waals surface area contributed by atoms with Gasteiger partial charge < -0.3 is 25.8 Å². The van der Waals surface area contributed by atoms with Crippen molar-refractivity contribution in [2.75, 3.05) is 34.9 Å². The molecule has 8 nitrogen and oxygen atoms in total. The molecule has 146 valence electrons. The van der Waals surface area contributed by atoms with Crippen LogP contribution in [0.25, 0.3) is 11.6 Å². The summed E-state index contributed by atoms with van der Waals surface area (Å²) in [6.07, 6.45) is 4.94. The van der Waals surface area contributed by atoms with E-state index in [0.717, 1.165) is 16.9 Å². The van der Waals surface area contributed by atoms with Gasteiger partial charge in [-0.1, -0.05) is 6.07 Å². The van der Waals surface area contributed by atoms with Gasteiger partial charge in [0.2, 0.25) is 0 Å². The smallest absolute Gasteiger partial charge is 0.323 e. The van der Waals surface area contributed by atoms with E-state index in [-0.39, 0.29) is 11.9 Å². The van der Waals surface area contributed by atoms with E-state index in [1.165, 1.54) is 0 Å². The number of aromatic amines is 1. The third-order valence-corrected chi connectivity index (χ3v) is 4.52. The Bertz CT molecular complexity index is 1080. The van der Waals surface area contributed by atoms with E-state index in [2.05, 4.69) is 25.9 Å². The second-order valence-corrected chi connectivity index (χ2v) is 6.80. The van der Waals surface area contributed by atoms with Crippen LogP contribution >= 0.6 is 0 Å². The molecule has 8 heteroatoms. The minimum Gasteiger partial charge on any atom is -0.378 e. The number of benzene rings is 2. The highest BCUT2D eigenvalue weighted by Gasteiger charge is 2.24. The Kier molecular flexibility index (Phi) is 4.74. The molecule has 0 atom stereocenters. The highest BCUT2D eigenvalue weighted by Crippen LogP contribution is 2.34. The molecule has 0 fully saturated rings. The van der Waals surface area contributed by atoms with Gasteiger partial charge in [0.25, 0.3) is 5.91 Å². The number of H-pyrrole nitrogens is 1. The number of nitrogens with one attached hydrogen (secondary N) is 4. The summed E-state index contributed by atoms with van der Waals surface area (Å²) in [5.74, 6) is -0.197. The Morgan fingerprint density at radius 1 is 1.07 bits per heavy atom. The van der Waals surface area contributed by atoms with Gasteiger partial charge in [0.15, 0.2) is 0 Å². The molecule has 2 aromatic carbocycles. The number of amides is 3. The Morgan fingerprint density at radius 3 is 2.48 bits per heavy atom. The Morgan fingerprint density at radius 2 is 1.79 bits per heavy atom. The zero-order chi connectivity index (χ0) is 20.4. The van der Waals surface area contributed by atoms with Crippen LogP contribution in [-0.2, 0) is 4.79 Å². The summed E-state index contributed by atoms with van der Waals surface area (Å²) in [7, 11) is 3.91. The number of anilines is 4. The van der Waals surface area contributed by atoms with Gasteiger partial charge in [-0.3, -0.25) is 4.79 Å². The van der Waals surface area contributed by atoms with E-state index >= 15 is 0 Å². The first-order valence-corrected chi connectivity index (χ1v) is 9.01. The summed E-state index contributed by atoms with van der Waals surface area (Å²) in [5.41, 5.74) is 5.01. The zero-order valence-electron chi connectivity index (χ0n) is 16.0. The number of hydrogen-bond acceptors (Lipinski definition) is 4. The molecule has 0 saturated carbocycles. The number of imidazole rings is 1. The minimum atomic E-state index is -0.361. The zero-order valence-corrected chi connectivity index (χ0v) is 16.0. The number of carbonyl (C=O) groups excluding carboxylic acids is 2. The van der Waals surface area contributed by atoms with Crippen molar-refractivity contribution in [1.82, 2.24) is 9.97 Å². The molecule has 0 spiro atoms. The summed E-state index contributed by atoms with van der Waals surface area (Å²) >= 11 is 0. The topological polar surface area (TPSA) is 102 Å². The van der Waals surface area contributed by atoms with E-state index in [0.29, 0.717) is 22.6 Å². The van der Waals surface area contributed by atoms with Crippen LogP contribution in [0.1, 0.15) is 11.3 Å². The quantitative estimate of drug-likeness (QED) is 0.513. The highest BCUT2D eigenvalue weighted by molar-refractivity contribution is 6.35. The van der Waals surface area contributed by atoms with Gasteiger partial charge >= 0.3 is 6.03 Å². The molecule has 4 N–H and O–H groups in total. The summed E-state index contributed by atoms with van der Waals surface area (Å²) in [6, 6.07) is 12.5. The first-order valence-electron chi connectivity index (χ1n) is 9.01. The normalized spacial score (nSPS) is 13.7. The fourth-order valence-electron chi connectivity index (χ4n) is 3.05. The molecule has 29 heavy (non-hydrogen) atoms. The van der Waals surface area contributed by atoms with Crippen molar-refractivity contribution in [1.29, 1.82) is 0 Å². The number of fused-ring (bicyclic) bond motifs is 1. The maximum absolute atomic E-state index is 12.3. The molecule has 0 radical (unpaired) electrons. The van der Waals surface area contributed by atoms with Gasteiger partial charge in [0.05, 0.1) is 29.5 Å². The van der Waals surface area contributed by atoms with E-state index in [1.54, 1.807) is 36.8 Å². The van der Waals surface area contributed by atoms with Crippen molar-refractivity contribution in [3.8, 4) is 0 Å². The lowest BCUT2D eigenvalue weighted by molar-refractivity contribution is -0.110. The molecule has 1 aliphatic rings. The SMILES string of the molecule is CN(C)c1ccc(NC(=O)Nc2ccc3c(c2)NC(=O)/C3=C\c2cnc[nH]2)cc1. The number of rotatable bonds is 4. The second-order valence-electron chi connectivity index (χ2n) is 6.80. The van der Waals surface area contributed by atoms with Crippen LogP contribution in [0.5, 0.6) is 0 Å². The lowest BCUT2D eigenvalue weighted by Gasteiger charge is -2.13. The van der Waals surface area contributed by atoms with Gasteiger partial charge in [-0.25, -0.2) is 9.78 Å². The highest BCUT2D eigenvalue weighted by atomic mass is 16.2. The van der Waals surface area contributed by atoms with Gasteiger partial charge in [-0.15, -0.1) is 0 Å². The van der Waals surface area contributed by atoms with Gasteiger partial charge in [0, 0.05) is 36.7 Å². The molecule has 0 bridgehead atoms. The van der Waals surface area contributed by atoms with E-state index in [9.17, 15) is 9.59 Å². The predicted octanol–water partition coefficient (Wildman–Crippen LogP) is 3.61. The Labute approximate surface area is 167 Å². The second kappa shape index (κ2) is 7.51. The molecular weight excluding hydrogens is 368 g/mol. The van der Waals surface area contributed by atoms with Crippen LogP contribution < -0.4 is 20.9 Å². The standard InChI is InChI=1S/C21H20N6O2/c1-27(2)16-6-3-13(4-7-16)24-21(29)25-14-5-8-17-18(9-15-11-22-12-23-15)20(28)26-19(17)10-14/h3-12H,1-2H3,(H,22,23)(H,26,28)(H2,24,25,29)/b18-9-. The number of aromatic nitrogens is 2. The van der Waals surface area contributed by atoms with Crippen molar-refractivity contribution in [2.24, 2.45) is 0 Å². The summed E-state index contributed by atoms with van der Waals surface area (Å²) in [5, 5.41) is 8.40. The molecular formula is C21H20N6O2. The lowest BCUT2D eigenvalue weighted by atomic mass is 10.1. The van der Waals surface area contributed by atoms with Crippen molar-refractivity contribution < 1.29 is 9.59 Å². The number of urea groups is 1. The van der Waals surface area contributed by atoms with Crippen molar-refractivity contribution in [3.63, 3.8) is 0 Å². The molecule has 1 aromatic heterocycles. The van der Waals surface area contributed by atoms with E-state index in [4.69, 9.17) is 0 Å². The van der Waals surface area contributed by atoms with Crippen LogP contribution in [0.4, 0.5) is 27.5 Å². The van der Waals surface area contributed by atoms with E-state index in [1.807, 2.05) is 43.3 Å². The third-order valence-electron chi connectivity index (χ3n) is 4.52. The molecule has 3 aromatic rings. The maximum Gasteiger partial charge on any atom is 0.323 e. The molecule has 3 amide bonds. The number of nitrogens with zero attached hydrogens (tertiary/aromatic N) is 2. The van der Waals surface area contributed by atoms with Crippen molar-refractivity contribution >= 4 is 46.3 Å². The van der Waals surface area contributed by atoms with Crippen molar-refractivity contribution in [2.45, 2.75) is 0 Å². The predicted molar refractivity (Wildman–Crippen MR) is 115 cm³/mol. The van der Waals surface area contributed by atoms with Gasteiger partial charge in [-0.2, -0.15) is 0 Å². The summed E-state index contributed by atoms with van der Waals surface area (Å²) in [6.45, 7) is 0. The Balaban J connectivity index is 1.46. The first-order chi connectivity index (χ1) is 14.0. The molecule has 0 saturated heterocycles. The fraction of sp³-hybridized carbons (Fsp3) is 0.0952. The fourth-order valence-corrected chi connectivity index (χ4v) is 3.05. The van der Waals surface area contributed by atoms with E-state index < -0.39 is 0 Å². The number of carbonyl (C=O) groups is 2.